The summed E-state index contributed by atoms with van der Waals surface area (Å²) in [6, 6.07) is 7.63. The largest absolute Gasteiger partial charge is 0.493 e. The van der Waals surface area contributed by atoms with Gasteiger partial charge in [0, 0.05) is 26.8 Å². The van der Waals surface area contributed by atoms with Crippen LogP contribution in [0.4, 0.5) is 0 Å². The molecule has 1 aromatic carbocycles. The van der Waals surface area contributed by atoms with Gasteiger partial charge >= 0.3 is 0 Å². The van der Waals surface area contributed by atoms with Crippen LogP contribution in [0.1, 0.15) is 12.5 Å². The van der Waals surface area contributed by atoms with E-state index in [1.165, 1.54) is 5.56 Å². The number of para-hydroxylation sites is 2. The molecular weight excluding hydrogens is 318 g/mol. The maximum absolute atomic E-state index is 5.93. The summed E-state index contributed by atoms with van der Waals surface area (Å²) in [7, 11) is 5.31. The molecule has 2 rings (SSSR count). The molecule has 1 atom stereocenters. The lowest BCUT2D eigenvalue weighted by atomic mass is 10.2. The van der Waals surface area contributed by atoms with Crippen LogP contribution < -0.4 is 20.1 Å². The van der Waals surface area contributed by atoms with Gasteiger partial charge in [-0.05, 0) is 31.0 Å². The summed E-state index contributed by atoms with van der Waals surface area (Å²) >= 11 is 0. The van der Waals surface area contributed by atoms with Gasteiger partial charge in [-0.15, -0.1) is 0 Å². The first-order valence-corrected chi connectivity index (χ1v) is 8.34. The first-order chi connectivity index (χ1) is 12.1. The highest BCUT2D eigenvalue weighted by Gasteiger charge is 2.09. The van der Waals surface area contributed by atoms with Crippen molar-refractivity contribution < 1.29 is 9.47 Å². The second-order valence-electron chi connectivity index (χ2n) is 5.73. The highest BCUT2D eigenvalue weighted by Crippen LogP contribution is 2.26. The van der Waals surface area contributed by atoms with E-state index in [1.807, 2.05) is 50.6 Å². The maximum atomic E-state index is 5.93. The second kappa shape index (κ2) is 9.56. The number of nitrogens with zero attached hydrogens (tertiary/aromatic N) is 3. The Morgan fingerprint density at radius 3 is 2.68 bits per heavy atom. The van der Waals surface area contributed by atoms with E-state index in [2.05, 4.69) is 20.7 Å². The average molecular weight is 345 g/mol. The fourth-order valence-corrected chi connectivity index (χ4v) is 2.36. The van der Waals surface area contributed by atoms with Gasteiger partial charge in [0.2, 0.25) is 0 Å². The Bertz CT molecular complexity index is 684. The van der Waals surface area contributed by atoms with Crippen molar-refractivity contribution in [1.82, 2.24) is 20.4 Å². The number of benzene rings is 1. The monoisotopic (exact) mass is 345 g/mol. The lowest BCUT2D eigenvalue weighted by molar-refractivity contribution is 0.213. The highest BCUT2D eigenvalue weighted by molar-refractivity contribution is 5.79. The van der Waals surface area contributed by atoms with Gasteiger partial charge in [-0.3, -0.25) is 9.67 Å². The Morgan fingerprint density at radius 1 is 1.28 bits per heavy atom. The van der Waals surface area contributed by atoms with E-state index < -0.39 is 0 Å². The third-order valence-electron chi connectivity index (χ3n) is 3.64. The molecule has 25 heavy (non-hydrogen) atoms. The summed E-state index contributed by atoms with van der Waals surface area (Å²) in [5, 5.41) is 10.7. The first-order valence-electron chi connectivity index (χ1n) is 8.34. The number of ether oxygens (including phenoxy) is 2. The van der Waals surface area contributed by atoms with E-state index in [9.17, 15) is 0 Å². The van der Waals surface area contributed by atoms with Crippen LogP contribution in [-0.2, 0) is 13.5 Å². The third kappa shape index (κ3) is 6.02. The summed E-state index contributed by atoms with van der Waals surface area (Å²) in [5.41, 5.74) is 1.19. The molecule has 0 aliphatic rings. The minimum absolute atomic E-state index is 0.0341. The molecule has 2 aromatic rings. The van der Waals surface area contributed by atoms with Crippen molar-refractivity contribution >= 4 is 5.96 Å². The number of nitrogens with one attached hydrogen (secondary N) is 2. The predicted octanol–water partition coefficient (Wildman–Crippen LogP) is 1.60. The van der Waals surface area contributed by atoms with Gasteiger partial charge in [0.15, 0.2) is 17.5 Å². The molecule has 1 unspecified atom stereocenters. The standard InChI is InChI=1S/C18H27N5O2/c1-14(25-17-8-6-5-7-16(17)24-4)11-21-18(19-2)20-10-9-15-12-22-23(3)13-15/h5-8,12-14H,9-11H2,1-4H3,(H2,19,20,21). The quantitative estimate of drug-likeness (QED) is 0.562. The Morgan fingerprint density at radius 2 is 2.04 bits per heavy atom. The fraction of sp³-hybridized carbons (Fsp3) is 0.444. The van der Waals surface area contributed by atoms with Crippen molar-refractivity contribution in [2.45, 2.75) is 19.4 Å². The van der Waals surface area contributed by atoms with Crippen molar-refractivity contribution in [1.29, 1.82) is 0 Å². The van der Waals surface area contributed by atoms with E-state index in [-0.39, 0.29) is 6.10 Å². The molecule has 2 N–H and O–H groups in total. The van der Waals surface area contributed by atoms with Crippen LogP contribution in [-0.4, -0.2) is 49.1 Å². The molecule has 0 saturated carbocycles. The first kappa shape index (κ1) is 18.6. The number of aliphatic imine (C=N–C) groups is 1. The number of guanidine groups is 1. The van der Waals surface area contributed by atoms with Crippen LogP contribution in [0.25, 0.3) is 0 Å². The molecule has 0 radical (unpaired) electrons. The highest BCUT2D eigenvalue weighted by atomic mass is 16.5. The maximum Gasteiger partial charge on any atom is 0.191 e. The van der Waals surface area contributed by atoms with Crippen molar-refractivity contribution in [3.8, 4) is 11.5 Å². The van der Waals surface area contributed by atoms with Gasteiger partial charge in [0.1, 0.15) is 6.10 Å². The number of aryl methyl sites for hydroxylation is 1. The lowest BCUT2D eigenvalue weighted by Gasteiger charge is -2.19. The second-order valence-corrected chi connectivity index (χ2v) is 5.73. The molecule has 0 bridgehead atoms. The van der Waals surface area contributed by atoms with Gasteiger partial charge in [-0.25, -0.2) is 0 Å². The Labute approximate surface area is 149 Å². The van der Waals surface area contributed by atoms with E-state index in [0.717, 1.165) is 30.4 Å². The van der Waals surface area contributed by atoms with Crippen molar-refractivity contribution in [2.24, 2.45) is 12.0 Å². The predicted molar refractivity (Wildman–Crippen MR) is 99.4 cm³/mol. The lowest BCUT2D eigenvalue weighted by Crippen LogP contribution is -2.42. The van der Waals surface area contributed by atoms with Gasteiger partial charge in [-0.2, -0.15) is 5.10 Å². The molecule has 1 aromatic heterocycles. The Balaban J connectivity index is 1.74. The molecule has 0 spiro atoms. The average Bonchev–Trinajstić information content (AvgIpc) is 3.03. The van der Waals surface area contributed by atoms with Crippen molar-refractivity contribution in [3.05, 3.63) is 42.2 Å². The van der Waals surface area contributed by atoms with Crippen LogP contribution in [0.5, 0.6) is 11.5 Å². The molecule has 136 valence electrons. The fourth-order valence-electron chi connectivity index (χ4n) is 2.36. The zero-order valence-electron chi connectivity index (χ0n) is 15.3. The van der Waals surface area contributed by atoms with Crippen LogP contribution in [0.2, 0.25) is 0 Å². The van der Waals surface area contributed by atoms with Crippen LogP contribution in [0, 0.1) is 0 Å². The van der Waals surface area contributed by atoms with Crippen LogP contribution in [0.15, 0.2) is 41.7 Å². The number of hydrogen-bond donors (Lipinski definition) is 2. The number of rotatable bonds is 8. The molecular formula is C18H27N5O2. The third-order valence-corrected chi connectivity index (χ3v) is 3.64. The summed E-state index contributed by atoms with van der Waals surface area (Å²) in [5.74, 6) is 2.21. The van der Waals surface area contributed by atoms with E-state index >= 15 is 0 Å². The molecule has 0 saturated heterocycles. The number of aromatic nitrogens is 2. The molecule has 0 aliphatic heterocycles. The topological polar surface area (TPSA) is 72.7 Å². The van der Waals surface area contributed by atoms with E-state index in [0.29, 0.717) is 6.54 Å². The summed E-state index contributed by atoms with van der Waals surface area (Å²) < 4.78 is 13.0. The van der Waals surface area contributed by atoms with Gasteiger partial charge in [0.05, 0.1) is 19.9 Å². The SMILES string of the molecule is CN=C(NCCc1cnn(C)c1)NCC(C)Oc1ccccc1OC. The molecule has 0 aliphatic carbocycles. The molecule has 7 heteroatoms. The van der Waals surface area contributed by atoms with E-state index in [1.54, 1.807) is 18.8 Å². The normalized spacial score (nSPS) is 12.6. The Kier molecular flexibility index (Phi) is 7.13. The van der Waals surface area contributed by atoms with Crippen molar-refractivity contribution in [2.75, 3.05) is 27.2 Å². The van der Waals surface area contributed by atoms with Crippen LogP contribution in [0.3, 0.4) is 0 Å². The molecule has 7 nitrogen and oxygen atoms in total. The van der Waals surface area contributed by atoms with Gasteiger partial charge in [-0.1, -0.05) is 12.1 Å². The zero-order valence-corrected chi connectivity index (χ0v) is 15.3. The molecule has 0 fully saturated rings. The molecule has 0 amide bonds. The summed E-state index contributed by atoms with van der Waals surface area (Å²) in [6.07, 6.45) is 4.75. The van der Waals surface area contributed by atoms with Crippen LogP contribution >= 0.6 is 0 Å². The number of methoxy groups -OCH3 is 1. The minimum Gasteiger partial charge on any atom is -0.493 e. The number of hydrogen-bond acceptors (Lipinski definition) is 4. The Hall–Kier alpha value is -2.70. The van der Waals surface area contributed by atoms with Gasteiger partial charge in [0.25, 0.3) is 0 Å². The van der Waals surface area contributed by atoms with Gasteiger partial charge < -0.3 is 20.1 Å². The summed E-state index contributed by atoms with van der Waals surface area (Å²) in [6.45, 7) is 3.42. The smallest absolute Gasteiger partial charge is 0.191 e. The molecule has 1 heterocycles. The van der Waals surface area contributed by atoms with Crippen molar-refractivity contribution in [3.63, 3.8) is 0 Å². The zero-order chi connectivity index (χ0) is 18.1. The summed E-state index contributed by atoms with van der Waals surface area (Å²) in [4.78, 5) is 4.23. The van der Waals surface area contributed by atoms with E-state index in [4.69, 9.17) is 9.47 Å². The minimum atomic E-state index is -0.0341.